The van der Waals surface area contributed by atoms with Gasteiger partial charge in [0, 0.05) is 24.3 Å². The van der Waals surface area contributed by atoms with Crippen LogP contribution in [0.2, 0.25) is 0 Å². The summed E-state index contributed by atoms with van der Waals surface area (Å²) in [6.07, 6.45) is 2.74. The van der Waals surface area contributed by atoms with Crippen molar-refractivity contribution in [3.05, 3.63) is 29.8 Å². The quantitative estimate of drug-likeness (QED) is 0.812. The molecule has 0 spiro atoms. The molecule has 2 N–H and O–H groups in total. The van der Waals surface area contributed by atoms with Crippen LogP contribution in [0.15, 0.2) is 24.3 Å². The topological polar surface area (TPSA) is 29.3 Å². The van der Waals surface area contributed by atoms with E-state index in [-0.39, 0.29) is 0 Å². The van der Waals surface area contributed by atoms with Gasteiger partial charge in [-0.3, -0.25) is 0 Å². The molecule has 0 bridgehead atoms. The Bertz CT molecular complexity index is 381. The Hall–Kier alpha value is -1.09. The average molecular weight is 234 g/mol. The van der Waals surface area contributed by atoms with Crippen molar-refractivity contribution in [3.8, 4) is 0 Å². The first-order valence-electron chi connectivity index (χ1n) is 5.72. The summed E-state index contributed by atoms with van der Waals surface area (Å²) in [5.74, 6) is 0.875. The molecule has 86 valence electrons. The Morgan fingerprint density at radius 1 is 1.38 bits per heavy atom. The minimum absolute atomic E-state index is 0.462. The fourth-order valence-corrected chi connectivity index (χ4v) is 2.13. The number of thiocarbonyl (C=S) groups is 1. The molecule has 1 saturated carbocycles. The van der Waals surface area contributed by atoms with E-state index < -0.39 is 0 Å². The SMILES string of the molecule is CC(C1CC1)N(C)c1ccc(C(N)=S)cc1. The minimum atomic E-state index is 0.462. The number of benzene rings is 1. The van der Waals surface area contributed by atoms with Crippen LogP contribution in [0.1, 0.15) is 25.3 Å². The maximum Gasteiger partial charge on any atom is 0.103 e. The Morgan fingerprint density at radius 3 is 2.38 bits per heavy atom. The smallest absolute Gasteiger partial charge is 0.103 e. The molecule has 2 rings (SSSR count). The van der Waals surface area contributed by atoms with E-state index in [9.17, 15) is 0 Å². The summed E-state index contributed by atoms with van der Waals surface area (Å²) in [5, 5.41) is 0. The molecule has 1 unspecified atom stereocenters. The highest BCUT2D eigenvalue weighted by Gasteiger charge is 2.30. The zero-order valence-electron chi connectivity index (χ0n) is 9.81. The molecule has 0 amide bonds. The van der Waals surface area contributed by atoms with Crippen molar-refractivity contribution in [2.75, 3.05) is 11.9 Å². The van der Waals surface area contributed by atoms with Gasteiger partial charge in [-0.05, 0) is 49.9 Å². The maximum atomic E-state index is 5.58. The van der Waals surface area contributed by atoms with Gasteiger partial charge >= 0.3 is 0 Å². The highest BCUT2D eigenvalue weighted by molar-refractivity contribution is 7.80. The molecule has 3 heteroatoms. The van der Waals surface area contributed by atoms with Crippen LogP contribution >= 0.6 is 12.2 Å². The van der Waals surface area contributed by atoms with Crippen LogP contribution < -0.4 is 10.6 Å². The molecule has 0 aromatic heterocycles. The van der Waals surface area contributed by atoms with Crippen LogP contribution in [0.5, 0.6) is 0 Å². The molecule has 0 radical (unpaired) electrons. The van der Waals surface area contributed by atoms with E-state index in [0.717, 1.165) is 11.5 Å². The molecule has 0 saturated heterocycles. The standard InChI is InChI=1S/C13H18N2S/c1-9(10-3-4-10)15(2)12-7-5-11(6-8-12)13(14)16/h5-10H,3-4H2,1-2H3,(H2,14,16). The first-order valence-corrected chi connectivity index (χ1v) is 6.13. The van der Waals surface area contributed by atoms with Gasteiger partial charge in [-0.1, -0.05) is 12.2 Å². The lowest BCUT2D eigenvalue weighted by molar-refractivity contribution is 0.609. The molecule has 0 aliphatic heterocycles. The highest BCUT2D eigenvalue weighted by atomic mass is 32.1. The first-order chi connectivity index (χ1) is 7.59. The molecule has 0 heterocycles. The lowest BCUT2D eigenvalue weighted by Gasteiger charge is -2.27. The van der Waals surface area contributed by atoms with Gasteiger partial charge in [0.15, 0.2) is 0 Å². The van der Waals surface area contributed by atoms with E-state index in [1.54, 1.807) is 0 Å². The fourth-order valence-electron chi connectivity index (χ4n) is 1.99. The normalized spacial score (nSPS) is 16.9. The van der Waals surface area contributed by atoms with Crippen LogP contribution in [0.3, 0.4) is 0 Å². The highest BCUT2D eigenvalue weighted by Crippen LogP contribution is 2.36. The zero-order chi connectivity index (χ0) is 11.7. The number of hydrogen-bond donors (Lipinski definition) is 1. The molecular weight excluding hydrogens is 216 g/mol. The first kappa shape index (κ1) is 11.4. The number of rotatable bonds is 4. The van der Waals surface area contributed by atoms with E-state index >= 15 is 0 Å². The van der Waals surface area contributed by atoms with E-state index in [2.05, 4.69) is 31.0 Å². The third-order valence-electron chi connectivity index (χ3n) is 3.47. The van der Waals surface area contributed by atoms with Crippen molar-refractivity contribution in [2.24, 2.45) is 11.7 Å². The number of anilines is 1. The van der Waals surface area contributed by atoms with Crippen molar-refractivity contribution < 1.29 is 0 Å². The van der Waals surface area contributed by atoms with E-state index in [1.165, 1.54) is 18.5 Å². The molecule has 1 aliphatic carbocycles. The van der Waals surface area contributed by atoms with Gasteiger partial charge in [-0.15, -0.1) is 0 Å². The van der Waals surface area contributed by atoms with Gasteiger partial charge in [0.2, 0.25) is 0 Å². The van der Waals surface area contributed by atoms with Crippen LogP contribution in [-0.2, 0) is 0 Å². The third-order valence-corrected chi connectivity index (χ3v) is 3.71. The number of hydrogen-bond acceptors (Lipinski definition) is 2. The summed E-state index contributed by atoms with van der Waals surface area (Å²) in [6.45, 7) is 2.29. The lowest BCUT2D eigenvalue weighted by Crippen LogP contribution is -2.30. The van der Waals surface area contributed by atoms with Gasteiger partial charge in [0.05, 0.1) is 0 Å². The van der Waals surface area contributed by atoms with Crippen molar-refractivity contribution in [2.45, 2.75) is 25.8 Å². The Kier molecular flexibility index (Phi) is 3.15. The largest absolute Gasteiger partial charge is 0.389 e. The van der Waals surface area contributed by atoms with Crippen LogP contribution in [0, 0.1) is 5.92 Å². The Morgan fingerprint density at radius 2 is 1.94 bits per heavy atom. The summed E-state index contributed by atoms with van der Waals surface area (Å²) in [4.78, 5) is 2.80. The molecule has 1 atom stereocenters. The molecule has 1 aliphatic rings. The van der Waals surface area contributed by atoms with Crippen LogP contribution in [-0.4, -0.2) is 18.1 Å². The molecule has 1 aromatic rings. The van der Waals surface area contributed by atoms with Crippen molar-refractivity contribution in [1.82, 2.24) is 0 Å². The summed E-state index contributed by atoms with van der Waals surface area (Å²) < 4.78 is 0. The minimum Gasteiger partial charge on any atom is -0.389 e. The summed E-state index contributed by atoms with van der Waals surface area (Å²) in [7, 11) is 2.15. The van der Waals surface area contributed by atoms with E-state index in [4.69, 9.17) is 18.0 Å². The third kappa shape index (κ3) is 2.35. The predicted molar refractivity (Wildman–Crippen MR) is 72.9 cm³/mol. The summed E-state index contributed by atoms with van der Waals surface area (Å²) >= 11 is 4.94. The summed E-state index contributed by atoms with van der Waals surface area (Å²) in [6, 6.07) is 8.79. The molecule has 16 heavy (non-hydrogen) atoms. The lowest BCUT2D eigenvalue weighted by atomic mass is 10.1. The molecule has 1 aromatic carbocycles. The average Bonchev–Trinajstić information content (AvgIpc) is 3.11. The van der Waals surface area contributed by atoms with Gasteiger partial charge in [0.25, 0.3) is 0 Å². The van der Waals surface area contributed by atoms with Crippen molar-refractivity contribution >= 4 is 22.9 Å². The van der Waals surface area contributed by atoms with Crippen LogP contribution in [0.4, 0.5) is 5.69 Å². The van der Waals surface area contributed by atoms with Gasteiger partial charge < -0.3 is 10.6 Å². The van der Waals surface area contributed by atoms with Crippen molar-refractivity contribution in [3.63, 3.8) is 0 Å². The van der Waals surface area contributed by atoms with Gasteiger partial charge in [0.1, 0.15) is 4.99 Å². The number of nitrogens with zero attached hydrogens (tertiary/aromatic N) is 1. The van der Waals surface area contributed by atoms with E-state index in [0.29, 0.717) is 11.0 Å². The fraction of sp³-hybridized carbons (Fsp3) is 0.462. The van der Waals surface area contributed by atoms with Gasteiger partial charge in [-0.25, -0.2) is 0 Å². The van der Waals surface area contributed by atoms with E-state index in [1.807, 2.05) is 12.1 Å². The Balaban J connectivity index is 2.11. The predicted octanol–water partition coefficient (Wildman–Crippen LogP) is 2.56. The second-order valence-corrected chi connectivity index (χ2v) is 5.04. The van der Waals surface area contributed by atoms with Crippen LogP contribution in [0.25, 0.3) is 0 Å². The monoisotopic (exact) mass is 234 g/mol. The molecule has 1 fully saturated rings. The molecular formula is C13H18N2S. The van der Waals surface area contributed by atoms with Gasteiger partial charge in [-0.2, -0.15) is 0 Å². The summed E-state index contributed by atoms with van der Waals surface area (Å²) in [5.41, 5.74) is 7.75. The Labute approximate surface area is 102 Å². The zero-order valence-corrected chi connectivity index (χ0v) is 10.6. The van der Waals surface area contributed by atoms with Crippen molar-refractivity contribution in [1.29, 1.82) is 0 Å². The second kappa shape index (κ2) is 4.42. The maximum absolute atomic E-state index is 5.58. The second-order valence-electron chi connectivity index (χ2n) is 4.60. The number of nitrogens with two attached hydrogens (primary N) is 1. The molecule has 2 nitrogen and oxygen atoms in total.